The third-order valence-corrected chi connectivity index (χ3v) is 5.83. The first-order chi connectivity index (χ1) is 13.8. The number of benzene rings is 1. The molecule has 2 amide bonds. The van der Waals surface area contributed by atoms with E-state index in [1.165, 1.54) is 6.07 Å². The molecule has 2 N–H and O–H groups in total. The Morgan fingerprint density at radius 2 is 2.00 bits per heavy atom. The smallest absolute Gasteiger partial charge is 0.225 e. The van der Waals surface area contributed by atoms with Crippen molar-refractivity contribution >= 4 is 23.9 Å². The van der Waals surface area contributed by atoms with Crippen molar-refractivity contribution in [2.45, 2.75) is 44.6 Å². The summed E-state index contributed by atoms with van der Waals surface area (Å²) in [6.45, 7) is 0.981. The molecule has 0 bridgehead atoms. The molecule has 2 rings (SSSR count). The van der Waals surface area contributed by atoms with Gasteiger partial charge in [0.25, 0.3) is 0 Å². The molecular formula is C21H30ClF2N3O2. The normalized spacial score (nSPS) is 16.6. The van der Waals surface area contributed by atoms with Crippen LogP contribution in [0.1, 0.15) is 50.1 Å². The van der Waals surface area contributed by atoms with Crippen LogP contribution in [0.4, 0.5) is 8.78 Å². The van der Waals surface area contributed by atoms with Crippen LogP contribution in [-0.2, 0) is 9.59 Å². The molecule has 1 fully saturated rings. The van der Waals surface area contributed by atoms with Crippen molar-refractivity contribution < 1.29 is 18.4 Å². The van der Waals surface area contributed by atoms with Gasteiger partial charge in [-0.15, -0.1) is 0 Å². The molecule has 0 aliphatic heterocycles. The van der Waals surface area contributed by atoms with E-state index in [2.05, 4.69) is 10.6 Å². The van der Waals surface area contributed by atoms with Gasteiger partial charge in [-0.2, -0.15) is 0 Å². The van der Waals surface area contributed by atoms with Gasteiger partial charge in [0.2, 0.25) is 12.3 Å². The van der Waals surface area contributed by atoms with Crippen LogP contribution in [0.5, 0.6) is 0 Å². The van der Waals surface area contributed by atoms with Crippen molar-refractivity contribution in [2.24, 2.45) is 11.8 Å². The maximum Gasteiger partial charge on any atom is 0.225 e. The van der Waals surface area contributed by atoms with Gasteiger partial charge in [-0.25, -0.2) is 8.78 Å². The fraction of sp³-hybridized carbons (Fsp3) is 0.619. The molecule has 162 valence electrons. The van der Waals surface area contributed by atoms with E-state index in [1.807, 2.05) is 19.0 Å². The number of halogens is 3. The maximum absolute atomic E-state index is 14.7. The second kappa shape index (κ2) is 11.5. The number of amides is 2. The number of carbonyl (C=O) groups excluding carboxylic acids is 2. The standard InChI is InChI=1S/C21H30ClF2N3O2/c1-27(2)11-5-8-15(12-25-13-28)21(29)26-20(14-6-3-4-7-14)18-17(23)10-9-16(22)19(18)24/h9-10,13-15,20H,3-8,11-12H2,1-2H3,(H,25,28)(H,26,29). The number of hydrogen-bond donors (Lipinski definition) is 2. The molecular weight excluding hydrogens is 400 g/mol. The molecule has 5 nitrogen and oxygen atoms in total. The zero-order valence-corrected chi connectivity index (χ0v) is 17.8. The Bertz CT molecular complexity index is 697. The predicted molar refractivity (Wildman–Crippen MR) is 110 cm³/mol. The van der Waals surface area contributed by atoms with Crippen LogP contribution in [-0.4, -0.2) is 44.4 Å². The second-order valence-corrected chi connectivity index (χ2v) is 8.36. The van der Waals surface area contributed by atoms with Gasteiger partial charge < -0.3 is 15.5 Å². The summed E-state index contributed by atoms with van der Waals surface area (Å²) in [7, 11) is 3.89. The predicted octanol–water partition coefficient (Wildman–Crippen LogP) is 3.67. The zero-order chi connectivity index (χ0) is 21.4. The minimum atomic E-state index is -0.820. The lowest BCUT2D eigenvalue weighted by molar-refractivity contribution is -0.126. The summed E-state index contributed by atoms with van der Waals surface area (Å²) in [6.07, 6.45) is 5.36. The van der Waals surface area contributed by atoms with Crippen molar-refractivity contribution in [3.05, 3.63) is 34.4 Å². The largest absolute Gasteiger partial charge is 0.358 e. The van der Waals surface area contributed by atoms with Gasteiger partial charge in [0.05, 0.1) is 17.0 Å². The Hall–Kier alpha value is -1.73. The van der Waals surface area contributed by atoms with Crippen LogP contribution < -0.4 is 10.6 Å². The van der Waals surface area contributed by atoms with Gasteiger partial charge in [0.15, 0.2) is 0 Å². The molecule has 1 saturated carbocycles. The summed E-state index contributed by atoms with van der Waals surface area (Å²) in [4.78, 5) is 25.8. The monoisotopic (exact) mass is 429 g/mol. The van der Waals surface area contributed by atoms with Crippen LogP contribution in [0.3, 0.4) is 0 Å². The molecule has 0 heterocycles. The molecule has 0 radical (unpaired) electrons. The van der Waals surface area contributed by atoms with E-state index in [-0.39, 0.29) is 29.0 Å². The van der Waals surface area contributed by atoms with Crippen LogP contribution >= 0.6 is 11.6 Å². The summed E-state index contributed by atoms with van der Waals surface area (Å²) in [6, 6.07) is 1.54. The van der Waals surface area contributed by atoms with Gasteiger partial charge in [0, 0.05) is 12.1 Å². The SMILES string of the molecule is CN(C)CCCC(CNC=O)C(=O)NC(c1c(F)ccc(Cl)c1F)C1CCCC1. The minimum Gasteiger partial charge on any atom is -0.358 e. The van der Waals surface area contributed by atoms with E-state index in [0.717, 1.165) is 44.7 Å². The highest BCUT2D eigenvalue weighted by Crippen LogP contribution is 2.39. The number of carbonyl (C=O) groups is 2. The number of hydrogen-bond acceptors (Lipinski definition) is 3. The summed E-state index contributed by atoms with van der Waals surface area (Å²) >= 11 is 5.89. The van der Waals surface area contributed by atoms with Crippen LogP contribution in [0.2, 0.25) is 5.02 Å². The molecule has 0 spiro atoms. The molecule has 0 saturated heterocycles. The lowest BCUT2D eigenvalue weighted by Crippen LogP contribution is -2.41. The summed E-state index contributed by atoms with van der Waals surface area (Å²) in [5.41, 5.74) is -0.173. The van der Waals surface area contributed by atoms with Gasteiger partial charge in [0.1, 0.15) is 11.6 Å². The first-order valence-electron chi connectivity index (χ1n) is 10.1. The van der Waals surface area contributed by atoms with Crippen molar-refractivity contribution in [1.29, 1.82) is 0 Å². The van der Waals surface area contributed by atoms with Crippen molar-refractivity contribution in [3.63, 3.8) is 0 Å². The molecule has 1 aliphatic rings. The zero-order valence-electron chi connectivity index (χ0n) is 17.0. The molecule has 1 aromatic rings. The van der Waals surface area contributed by atoms with E-state index in [4.69, 9.17) is 11.6 Å². The average molecular weight is 430 g/mol. The molecule has 0 aromatic heterocycles. The summed E-state index contributed by atoms with van der Waals surface area (Å²) in [5, 5.41) is 5.28. The fourth-order valence-corrected chi connectivity index (χ4v) is 4.15. The summed E-state index contributed by atoms with van der Waals surface area (Å²) < 4.78 is 29.3. The van der Waals surface area contributed by atoms with Crippen molar-refractivity contribution in [2.75, 3.05) is 27.2 Å². The van der Waals surface area contributed by atoms with E-state index in [0.29, 0.717) is 12.8 Å². The van der Waals surface area contributed by atoms with Gasteiger partial charge >= 0.3 is 0 Å². The van der Waals surface area contributed by atoms with Crippen LogP contribution in [0.25, 0.3) is 0 Å². The molecule has 1 aromatic carbocycles. The highest BCUT2D eigenvalue weighted by molar-refractivity contribution is 6.30. The maximum atomic E-state index is 14.7. The van der Waals surface area contributed by atoms with E-state index in [1.54, 1.807) is 0 Å². The molecule has 8 heteroatoms. The van der Waals surface area contributed by atoms with Crippen molar-refractivity contribution in [3.8, 4) is 0 Å². The van der Waals surface area contributed by atoms with Crippen molar-refractivity contribution in [1.82, 2.24) is 15.5 Å². The Labute approximate surface area is 176 Å². The minimum absolute atomic E-state index is 0.0529. The van der Waals surface area contributed by atoms with E-state index >= 15 is 0 Å². The number of nitrogens with zero attached hydrogens (tertiary/aromatic N) is 1. The van der Waals surface area contributed by atoms with E-state index < -0.39 is 23.6 Å². The lowest BCUT2D eigenvalue weighted by Gasteiger charge is -2.28. The third-order valence-electron chi connectivity index (χ3n) is 5.54. The highest BCUT2D eigenvalue weighted by Gasteiger charge is 2.34. The quantitative estimate of drug-likeness (QED) is 0.417. The van der Waals surface area contributed by atoms with Gasteiger partial charge in [-0.1, -0.05) is 24.4 Å². The number of nitrogens with one attached hydrogen (secondary N) is 2. The fourth-order valence-electron chi connectivity index (χ4n) is 3.99. The van der Waals surface area contributed by atoms with Crippen LogP contribution in [0.15, 0.2) is 12.1 Å². The average Bonchev–Trinajstić information content (AvgIpc) is 3.21. The second-order valence-electron chi connectivity index (χ2n) is 7.96. The lowest BCUT2D eigenvalue weighted by atomic mass is 9.89. The Morgan fingerprint density at radius 3 is 2.62 bits per heavy atom. The topological polar surface area (TPSA) is 61.4 Å². The molecule has 29 heavy (non-hydrogen) atoms. The molecule has 2 unspecified atom stereocenters. The molecule has 1 aliphatic carbocycles. The van der Waals surface area contributed by atoms with Crippen LogP contribution in [0, 0.1) is 23.5 Å². The molecule has 2 atom stereocenters. The van der Waals surface area contributed by atoms with Gasteiger partial charge in [-0.3, -0.25) is 9.59 Å². The summed E-state index contributed by atoms with van der Waals surface area (Å²) in [5.74, 6) is -2.37. The first-order valence-corrected chi connectivity index (χ1v) is 10.5. The Balaban J connectivity index is 2.23. The van der Waals surface area contributed by atoms with Gasteiger partial charge in [-0.05, 0) is 64.4 Å². The highest BCUT2D eigenvalue weighted by atomic mass is 35.5. The first kappa shape index (κ1) is 23.5. The Kier molecular flexibility index (Phi) is 9.30. The third kappa shape index (κ3) is 6.64. The Morgan fingerprint density at radius 1 is 1.31 bits per heavy atom. The van der Waals surface area contributed by atoms with E-state index in [9.17, 15) is 18.4 Å². The number of rotatable bonds is 11.